The molecule has 1 fully saturated rings. The van der Waals surface area contributed by atoms with E-state index in [9.17, 15) is 4.79 Å². The zero-order valence-electron chi connectivity index (χ0n) is 14.3. The minimum absolute atomic E-state index is 0.123. The van der Waals surface area contributed by atoms with Crippen molar-refractivity contribution >= 4 is 32.6 Å². The monoisotopic (exact) mass is 351 g/mol. The number of carbonyl (C=O) groups is 1. The van der Waals surface area contributed by atoms with Crippen LogP contribution in [0.2, 0.25) is 0 Å². The number of carbonyl (C=O) groups excluding carboxylic acids is 1. The zero-order valence-corrected chi connectivity index (χ0v) is 15.1. The molecule has 0 spiro atoms. The van der Waals surface area contributed by atoms with Gasteiger partial charge in [0.05, 0.1) is 10.2 Å². The molecule has 0 unspecified atom stereocenters. The van der Waals surface area contributed by atoms with Crippen LogP contribution < -0.4 is 4.90 Å². The van der Waals surface area contributed by atoms with Crippen molar-refractivity contribution in [3.63, 3.8) is 0 Å². The lowest BCUT2D eigenvalue weighted by Gasteiger charge is -2.34. The van der Waals surface area contributed by atoms with Crippen molar-refractivity contribution in [3.8, 4) is 0 Å². The molecule has 3 aromatic rings. The van der Waals surface area contributed by atoms with Crippen molar-refractivity contribution in [3.05, 3.63) is 59.7 Å². The van der Waals surface area contributed by atoms with Crippen molar-refractivity contribution < 1.29 is 4.79 Å². The molecule has 0 bridgehead atoms. The molecule has 1 amide bonds. The third kappa shape index (κ3) is 3.12. The summed E-state index contributed by atoms with van der Waals surface area (Å²) in [6.07, 6.45) is 1.000. The molecular formula is C20H21N3OS. The molecule has 4 nitrogen and oxygen atoms in total. The SMILES string of the molecule is CCc1cccc2sc(N3CCN(C(=O)c4ccccc4)CC3)nc12. The lowest BCUT2D eigenvalue weighted by Crippen LogP contribution is -2.48. The van der Waals surface area contributed by atoms with Gasteiger partial charge in [-0.1, -0.05) is 48.6 Å². The number of aryl methyl sites for hydroxylation is 1. The first-order chi connectivity index (χ1) is 12.3. The van der Waals surface area contributed by atoms with Crippen LogP contribution in [0, 0.1) is 0 Å². The van der Waals surface area contributed by atoms with Crippen LogP contribution in [0.25, 0.3) is 10.2 Å². The Morgan fingerprint density at radius 2 is 1.80 bits per heavy atom. The molecule has 2 aromatic carbocycles. The van der Waals surface area contributed by atoms with E-state index in [1.807, 2.05) is 35.2 Å². The Balaban J connectivity index is 1.48. The van der Waals surface area contributed by atoms with Gasteiger partial charge >= 0.3 is 0 Å². The normalized spacial score (nSPS) is 14.9. The largest absolute Gasteiger partial charge is 0.345 e. The van der Waals surface area contributed by atoms with Crippen molar-refractivity contribution in [2.45, 2.75) is 13.3 Å². The van der Waals surface area contributed by atoms with Crippen LogP contribution in [0.15, 0.2) is 48.5 Å². The summed E-state index contributed by atoms with van der Waals surface area (Å²) in [5.74, 6) is 0.123. The van der Waals surface area contributed by atoms with Crippen LogP contribution in [0.5, 0.6) is 0 Å². The van der Waals surface area contributed by atoms with Crippen molar-refractivity contribution in [1.82, 2.24) is 9.88 Å². The molecule has 0 radical (unpaired) electrons. The number of rotatable bonds is 3. The van der Waals surface area contributed by atoms with Gasteiger partial charge in [-0.15, -0.1) is 0 Å². The van der Waals surface area contributed by atoms with Crippen LogP contribution in [-0.4, -0.2) is 42.0 Å². The summed E-state index contributed by atoms with van der Waals surface area (Å²) in [7, 11) is 0. The van der Waals surface area contributed by atoms with Gasteiger partial charge in [-0.2, -0.15) is 0 Å². The second-order valence-electron chi connectivity index (χ2n) is 6.26. The fourth-order valence-corrected chi connectivity index (χ4v) is 4.34. The third-order valence-corrected chi connectivity index (χ3v) is 5.81. The molecule has 0 N–H and O–H groups in total. The van der Waals surface area contributed by atoms with Crippen LogP contribution >= 0.6 is 11.3 Å². The molecule has 1 saturated heterocycles. The van der Waals surface area contributed by atoms with Gasteiger partial charge in [-0.3, -0.25) is 4.79 Å². The highest BCUT2D eigenvalue weighted by molar-refractivity contribution is 7.22. The molecule has 2 heterocycles. The maximum absolute atomic E-state index is 12.6. The van der Waals surface area contributed by atoms with Crippen LogP contribution in [0.3, 0.4) is 0 Å². The smallest absolute Gasteiger partial charge is 0.253 e. The average Bonchev–Trinajstić information content (AvgIpc) is 3.12. The Morgan fingerprint density at radius 3 is 2.52 bits per heavy atom. The standard InChI is InChI=1S/C20H21N3OS/c1-2-15-9-6-10-17-18(15)21-20(25-17)23-13-11-22(12-14-23)19(24)16-7-4-3-5-8-16/h3-10H,2,11-14H2,1H3. The Hall–Kier alpha value is -2.40. The van der Waals surface area contributed by atoms with E-state index in [1.54, 1.807) is 11.3 Å². The third-order valence-electron chi connectivity index (χ3n) is 4.73. The highest BCUT2D eigenvalue weighted by Gasteiger charge is 2.24. The van der Waals surface area contributed by atoms with Gasteiger partial charge in [0.25, 0.3) is 5.91 Å². The summed E-state index contributed by atoms with van der Waals surface area (Å²) in [4.78, 5) is 21.7. The number of amides is 1. The maximum Gasteiger partial charge on any atom is 0.253 e. The minimum atomic E-state index is 0.123. The number of anilines is 1. The van der Waals surface area contributed by atoms with E-state index in [0.717, 1.165) is 48.8 Å². The number of para-hydroxylation sites is 1. The van der Waals surface area contributed by atoms with E-state index in [0.29, 0.717) is 0 Å². The van der Waals surface area contributed by atoms with Gasteiger partial charge in [-0.05, 0) is 30.2 Å². The Morgan fingerprint density at radius 1 is 1.04 bits per heavy atom. The van der Waals surface area contributed by atoms with Gasteiger partial charge in [0.2, 0.25) is 0 Å². The van der Waals surface area contributed by atoms with Gasteiger partial charge in [0.1, 0.15) is 0 Å². The predicted octanol–water partition coefficient (Wildman–Crippen LogP) is 3.82. The van der Waals surface area contributed by atoms with Crippen molar-refractivity contribution in [1.29, 1.82) is 0 Å². The molecule has 0 aliphatic carbocycles. The van der Waals surface area contributed by atoms with Crippen LogP contribution in [-0.2, 0) is 6.42 Å². The first-order valence-corrected chi connectivity index (χ1v) is 9.55. The van der Waals surface area contributed by atoms with E-state index >= 15 is 0 Å². The zero-order chi connectivity index (χ0) is 17.2. The van der Waals surface area contributed by atoms with Gasteiger partial charge in [0, 0.05) is 31.7 Å². The maximum atomic E-state index is 12.6. The highest BCUT2D eigenvalue weighted by Crippen LogP contribution is 2.31. The number of hydrogen-bond acceptors (Lipinski definition) is 4. The summed E-state index contributed by atoms with van der Waals surface area (Å²) in [6, 6.07) is 15.9. The van der Waals surface area contributed by atoms with Gasteiger partial charge < -0.3 is 9.80 Å². The minimum Gasteiger partial charge on any atom is -0.345 e. The fraction of sp³-hybridized carbons (Fsp3) is 0.300. The van der Waals surface area contributed by atoms with E-state index in [1.165, 1.54) is 10.3 Å². The molecule has 1 aromatic heterocycles. The lowest BCUT2D eigenvalue weighted by atomic mass is 10.1. The fourth-order valence-electron chi connectivity index (χ4n) is 3.28. The number of benzene rings is 2. The highest BCUT2D eigenvalue weighted by atomic mass is 32.1. The first kappa shape index (κ1) is 16.1. The molecule has 1 aliphatic rings. The van der Waals surface area contributed by atoms with E-state index < -0.39 is 0 Å². The van der Waals surface area contributed by atoms with E-state index in [4.69, 9.17) is 4.98 Å². The molecule has 4 rings (SSSR count). The van der Waals surface area contributed by atoms with Crippen molar-refractivity contribution in [2.75, 3.05) is 31.1 Å². The Labute approximate surface area is 151 Å². The number of hydrogen-bond donors (Lipinski definition) is 0. The summed E-state index contributed by atoms with van der Waals surface area (Å²) in [5, 5.41) is 1.07. The molecule has 25 heavy (non-hydrogen) atoms. The van der Waals surface area contributed by atoms with Crippen LogP contribution in [0.1, 0.15) is 22.8 Å². The Kier molecular flexibility index (Phi) is 4.40. The summed E-state index contributed by atoms with van der Waals surface area (Å²) in [6.45, 7) is 5.32. The van der Waals surface area contributed by atoms with Gasteiger partial charge in [0.15, 0.2) is 5.13 Å². The summed E-state index contributed by atoms with van der Waals surface area (Å²) < 4.78 is 1.25. The van der Waals surface area contributed by atoms with Gasteiger partial charge in [-0.25, -0.2) is 4.98 Å². The molecule has 0 saturated carbocycles. The van der Waals surface area contributed by atoms with Crippen molar-refractivity contribution in [2.24, 2.45) is 0 Å². The number of thiazole rings is 1. The molecule has 1 aliphatic heterocycles. The van der Waals surface area contributed by atoms with Crippen LogP contribution in [0.4, 0.5) is 5.13 Å². The number of piperazine rings is 1. The lowest BCUT2D eigenvalue weighted by molar-refractivity contribution is 0.0747. The quantitative estimate of drug-likeness (QED) is 0.720. The predicted molar refractivity (Wildman–Crippen MR) is 104 cm³/mol. The summed E-state index contributed by atoms with van der Waals surface area (Å²) >= 11 is 1.75. The topological polar surface area (TPSA) is 36.4 Å². The Bertz CT molecular complexity index is 882. The first-order valence-electron chi connectivity index (χ1n) is 8.74. The number of nitrogens with zero attached hydrogens (tertiary/aromatic N) is 3. The molecule has 128 valence electrons. The van der Waals surface area contributed by atoms with E-state index in [2.05, 4.69) is 30.0 Å². The molecule has 5 heteroatoms. The molecule has 0 atom stereocenters. The molecular weight excluding hydrogens is 330 g/mol. The second-order valence-corrected chi connectivity index (χ2v) is 7.27. The summed E-state index contributed by atoms with van der Waals surface area (Å²) in [5.41, 5.74) is 3.20. The average molecular weight is 351 g/mol. The second kappa shape index (κ2) is 6.84. The number of fused-ring (bicyclic) bond motifs is 1. The van der Waals surface area contributed by atoms with E-state index in [-0.39, 0.29) is 5.91 Å². The number of aromatic nitrogens is 1.